The molecule has 0 saturated carbocycles. The maximum absolute atomic E-state index is 14.8. The van der Waals surface area contributed by atoms with Gasteiger partial charge in [-0.05, 0) is 49.6 Å². The molecule has 1 aliphatic rings. The summed E-state index contributed by atoms with van der Waals surface area (Å²) in [6.45, 7) is 3.70. The molecule has 9 heteroatoms. The third-order valence-electron chi connectivity index (χ3n) is 5.48. The van der Waals surface area contributed by atoms with Crippen molar-refractivity contribution in [1.82, 2.24) is 14.6 Å². The molecule has 0 aliphatic carbocycles. The van der Waals surface area contributed by atoms with Crippen molar-refractivity contribution in [3.63, 3.8) is 0 Å². The fourth-order valence-corrected chi connectivity index (χ4v) is 3.62. The van der Waals surface area contributed by atoms with Crippen LogP contribution in [0.5, 0.6) is 0 Å². The molecule has 1 fully saturated rings. The highest BCUT2D eigenvalue weighted by Gasteiger charge is 2.43. The van der Waals surface area contributed by atoms with Gasteiger partial charge in [-0.25, -0.2) is 13.9 Å². The van der Waals surface area contributed by atoms with Gasteiger partial charge in [0.15, 0.2) is 17.1 Å². The molecule has 31 heavy (non-hydrogen) atoms. The molecule has 1 saturated heterocycles. The van der Waals surface area contributed by atoms with Gasteiger partial charge in [-0.2, -0.15) is 13.2 Å². The molecule has 2 atom stereocenters. The smallest absolute Gasteiger partial charge is 0.390 e. The number of aliphatic hydroxyl groups is 1. The van der Waals surface area contributed by atoms with Gasteiger partial charge in [0.25, 0.3) is 0 Å². The Bertz CT molecular complexity index is 1190. The number of hydrogen-bond donors (Lipinski definition) is 1. The highest BCUT2D eigenvalue weighted by molar-refractivity contribution is 5.56. The topological polar surface area (TPSA) is 53.7 Å². The van der Waals surface area contributed by atoms with E-state index in [2.05, 4.69) is 21.9 Å². The molecule has 3 heterocycles. The lowest BCUT2D eigenvalue weighted by atomic mass is 10.00. The van der Waals surface area contributed by atoms with Crippen LogP contribution in [0.15, 0.2) is 36.5 Å². The van der Waals surface area contributed by atoms with Gasteiger partial charge >= 0.3 is 6.18 Å². The van der Waals surface area contributed by atoms with Crippen molar-refractivity contribution in [3.8, 4) is 11.8 Å². The van der Waals surface area contributed by atoms with Gasteiger partial charge in [-0.3, -0.25) is 0 Å². The molecular weight excluding hydrogens is 412 g/mol. The molecule has 2 unspecified atom stereocenters. The summed E-state index contributed by atoms with van der Waals surface area (Å²) in [5.74, 6) is 6.10. The van der Waals surface area contributed by atoms with Crippen molar-refractivity contribution < 1.29 is 22.7 Å². The van der Waals surface area contributed by atoms with Crippen molar-refractivity contribution in [2.24, 2.45) is 0 Å². The van der Waals surface area contributed by atoms with E-state index in [-0.39, 0.29) is 18.5 Å². The van der Waals surface area contributed by atoms with Gasteiger partial charge < -0.3 is 10.0 Å². The Labute approximate surface area is 176 Å². The number of halogens is 4. The Kier molecular flexibility index (Phi) is 5.13. The normalized spacial score (nSPS) is 20.0. The Morgan fingerprint density at radius 2 is 2.00 bits per heavy atom. The van der Waals surface area contributed by atoms with Crippen LogP contribution in [0, 0.1) is 18.8 Å². The first-order chi connectivity index (χ1) is 14.6. The van der Waals surface area contributed by atoms with E-state index in [1.807, 2.05) is 6.92 Å². The fourth-order valence-electron chi connectivity index (χ4n) is 3.62. The van der Waals surface area contributed by atoms with Crippen molar-refractivity contribution in [1.29, 1.82) is 0 Å². The van der Waals surface area contributed by atoms with E-state index in [4.69, 9.17) is 0 Å². The minimum atomic E-state index is -4.44. The van der Waals surface area contributed by atoms with Crippen LogP contribution in [-0.2, 0) is 6.18 Å². The zero-order valence-corrected chi connectivity index (χ0v) is 16.9. The van der Waals surface area contributed by atoms with Gasteiger partial charge in [0.2, 0.25) is 0 Å². The number of aromatic nitrogens is 3. The maximum atomic E-state index is 14.8. The Morgan fingerprint density at radius 1 is 1.23 bits per heavy atom. The molecule has 0 radical (unpaired) electrons. The zero-order valence-electron chi connectivity index (χ0n) is 16.9. The molecule has 4 rings (SSSR count). The highest BCUT2D eigenvalue weighted by Crippen LogP contribution is 2.33. The van der Waals surface area contributed by atoms with E-state index in [0.717, 1.165) is 17.7 Å². The summed E-state index contributed by atoms with van der Waals surface area (Å²) in [5.41, 5.74) is -0.536. The van der Waals surface area contributed by atoms with Crippen LogP contribution in [0.4, 0.5) is 23.4 Å². The molecule has 0 bridgehead atoms. The SMILES string of the molecule is Cc1cc2ncc(C#Cc3cccc(C(F)(F)F)c3)n2nc1N1CCC(F)(C(C)O)C1. The van der Waals surface area contributed by atoms with Crippen molar-refractivity contribution in [3.05, 3.63) is 58.9 Å². The van der Waals surface area contributed by atoms with Crippen molar-refractivity contribution in [2.75, 3.05) is 18.0 Å². The molecule has 5 nitrogen and oxygen atoms in total. The first-order valence-electron chi connectivity index (χ1n) is 9.73. The summed E-state index contributed by atoms with van der Waals surface area (Å²) in [5, 5.41) is 14.3. The van der Waals surface area contributed by atoms with E-state index >= 15 is 0 Å². The standard InChI is InChI=1S/C22H20F4N4O/c1-14-10-19-27-12-18(7-6-16-4-3-5-17(11-16)22(24,25)26)30(19)28-20(14)29-9-8-21(23,13-29)15(2)31/h3-5,10-12,15,31H,8-9,13H2,1-2H3. The third kappa shape index (κ3) is 4.08. The van der Waals surface area contributed by atoms with Crippen LogP contribution >= 0.6 is 0 Å². The van der Waals surface area contributed by atoms with Crippen LogP contribution in [0.1, 0.15) is 35.7 Å². The predicted octanol–water partition coefficient (Wildman–Crippen LogP) is 3.76. The monoisotopic (exact) mass is 432 g/mol. The first kappa shape index (κ1) is 21.1. The van der Waals surface area contributed by atoms with E-state index < -0.39 is 23.5 Å². The van der Waals surface area contributed by atoms with Crippen LogP contribution in [-0.4, -0.2) is 44.6 Å². The third-order valence-corrected chi connectivity index (χ3v) is 5.48. The lowest BCUT2D eigenvalue weighted by molar-refractivity contribution is -0.137. The van der Waals surface area contributed by atoms with Crippen molar-refractivity contribution >= 4 is 11.5 Å². The van der Waals surface area contributed by atoms with E-state index in [9.17, 15) is 22.7 Å². The molecule has 162 valence electrons. The number of rotatable bonds is 2. The highest BCUT2D eigenvalue weighted by atomic mass is 19.4. The Hall–Kier alpha value is -3.12. The van der Waals surface area contributed by atoms with Crippen molar-refractivity contribution in [2.45, 2.75) is 38.2 Å². The van der Waals surface area contributed by atoms with Gasteiger partial charge in [0, 0.05) is 18.5 Å². The number of fused-ring (bicyclic) bond motifs is 1. The lowest BCUT2D eigenvalue weighted by Crippen LogP contribution is -2.39. The zero-order chi connectivity index (χ0) is 22.4. The molecule has 1 N–H and O–H groups in total. The molecule has 1 aromatic carbocycles. The number of anilines is 1. The van der Waals surface area contributed by atoms with Gasteiger partial charge in [0.05, 0.1) is 24.4 Å². The average Bonchev–Trinajstić information content (AvgIpc) is 3.29. The molecule has 1 aliphatic heterocycles. The van der Waals surface area contributed by atoms with Gasteiger partial charge in [-0.1, -0.05) is 12.0 Å². The van der Waals surface area contributed by atoms with Crippen LogP contribution in [0.2, 0.25) is 0 Å². The number of imidazole rings is 1. The van der Waals surface area contributed by atoms with Gasteiger partial charge in [-0.15, -0.1) is 5.10 Å². The van der Waals surface area contributed by atoms with Crippen LogP contribution in [0.25, 0.3) is 5.65 Å². The van der Waals surface area contributed by atoms with E-state index in [1.165, 1.54) is 29.8 Å². The molecule has 3 aromatic rings. The number of aliphatic hydroxyl groups excluding tert-OH is 1. The Morgan fingerprint density at radius 3 is 2.68 bits per heavy atom. The first-order valence-corrected chi connectivity index (χ1v) is 9.73. The fraction of sp³-hybridized carbons (Fsp3) is 0.364. The number of aryl methyl sites for hydroxylation is 1. The summed E-state index contributed by atoms with van der Waals surface area (Å²) < 4.78 is 55.0. The number of hydrogen-bond acceptors (Lipinski definition) is 4. The number of alkyl halides is 4. The largest absolute Gasteiger partial charge is 0.416 e. The second kappa shape index (κ2) is 7.54. The number of nitrogens with zero attached hydrogens (tertiary/aromatic N) is 4. The second-order valence-electron chi connectivity index (χ2n) is 7.78. The van der Waals surface area contributed by atoms with Crippen LogP contribution in [0.3, 0.4) is 0 Å². The second-order valence-corrected chi connectivity index (χ2v) is 7.78. The minimum absolute atomic E-state index is 0.0178. The van der Waals surface area contributed by atoms with E-state index in [0.29, 0.717) is 23.7 Å². The molecule has 0 spiro atoms. The van der Waals surface area contributed by atoms with Gasteiger partial charge in [0.1, 0.15) is 5.69 Å². The molecular formula is C22H20F4N4O. The lowest BCUT2D eigenvalue weighted by Gasteiger charge is -2.24. The van der Waals surface area contributed by atoms with E-state index in [1.54, 1.807) is 11.0 Å². The maximum Gasteiger partial charge on any atom is 0.416 e. The summed E-state index contributed by atoms with van der Waals surface area (Å²) in [4.78, 5) is 6.03. The summed E-state index contributed by atoms with van der Waals surface area (Å²) in [6, 6.07) is 6.57. The quantitative estimate of drug-likeness (QED) is 0.495. The Balaban J connectivity index is 1.68. The predicted molar refractivity (Wildman–Crippen MR) is 107 cm³/mol. The average molecular weight is 432 g/mol. The molecule has 2 aromatic heterocycles. The summed E-state index contributed by atoms with van der Waals surface area (Å²) in [7, 11) is 0. The number of benzene rings is 1. The summed E-state index contributed by atoms with van der Waals surface area (Å²) in [6.07, 6.45) is -3.85. The summed E-state index contributed by atoms with van der Waals surface area (Å²) >= 11 is 0. The molecule has 0 amide bonds. The minimum Gasteiger partial charge on any atom is -0.390 e. The van der Waals surface area contributed by atoms with Crippen LogP contribution < -0.4 is 4.90 Å².